The van der Waals surface area contributed by atoms with Crippen LogP contribution in [0.25, 0.3) is 0 Å². The van der Waals surface area contributed by atoms with E-state index < -0.39 is 10.0 Å². The number of nitrogens with one attached hydrogen (secondary N) is 1. The van der Waals surface area contributed by atoms with Crippen LogP contribution >= 0.6 is 23.2 Å². The zero-order valence-corrected chi connectivity index (χ0v) is 17.1. The average Bonchev–Trinajstić information content (AvgIpc) is 2.68. The second kappa shape index (κ2) is 8.22. The molecule has 3 aromatic carbocycles. The molecule has 0 aliphatic heterocycles. The van der Waals surface area contributed by atoms with Gasteiger partial charge in [0.1, 0.15) is 0 Å². The summed E-state index contributed by atoms with van der Waals surface area (Å²) in [6.45, 7) is 0. The van der Waals surface area contributed by atoms with Crippen molar-refractivity contribution in [3.63, 3.8) is 0 Å². The van der Waals surface area contributed by atoms with E-state index in [-0.39, 0.29) is 21.4 Å². The summed E-state index contributed by atoms with van der Waals surface area (Å²) in [6, 6.07) is 19.3. The zero-order valence-electron chi connectivity index (χ0n) is 14.8. The van der Waals surface area contributed by atoms with Crippen LogP contribution in [0.3, 0.4) is 0 Å². The topological polar surface area (TPSA) is 66.5 Å². The molecule has 0 aliphatic rings. The van der Waals surface area contributed by atoms with Crippen LogP contribution in [0.1, 0.15) is 10.4 Å². The molecule has 1 amide bonds. The highest BCUT2D eigenvalue weighted by Crippen LogP contribution is 2.28. The van der Waals surface area contributed by atoms with E-state index in [1.165, 1.54) is 49.5 Å². The summed E-state index contributed by atoms with van der Waals surface area (Å²) in [5.41, 5.74) is 1.21. The lowest BCUT2D eigenvalue weighted by Crippen LogP contribution is -2.26. The predicted octanol–water partition coefficient (Wildman–Crippen LogP) is 5.07. The molecule has 0 bridgehead atoms. The second-order valence-electron chi connectivity index (χ2n) is 5.91. The molecule has 3 rings (SSSR count). The van der Waals surface area contributed by atoms with Crippen LogP contribution in [0.2, 0.25) is 10.0 Å². The standard InChI is InChI=1S/C20H16Cl2N2O3S/c1-24(28(26,27)17-10-7-14(21)8-11-17)16-9-12-18(19(22)13-16)20(25)23-15-5-3-2-4-6-15/h2-13H,1H3,(H,23,25). The molecule has 1 N–H and O–H groups in total. The minimum absolute atomic E-state index is 0.0985. The molecule has 0 fully saturated rings. The molecule has 0 saturated heterocycles. The number of nitrogens with zero attached hydrogens (tertiary/aromatic N) is 1. The zero-order chi connectivity index (χ0) is 20.3. The first-order valence-corrected chi connectivity index (χ1v) is 10.4. The van der Waals surface area contributed by atoms with Crippen molar-refractivity contribution in [2.24, 2.45) is 0 Å². The van der Waals surface area contributed by atoms with Gasteiger partial charge in [-0.05, 0) is 54.6 Å². The minimum atomic E-state index is -3.79. The normalized spacial score (nSPS) is 11.1. The fourth-order valence-electron chi connectivity index (χ4n) is 2.51. The van der Waals surface area contributed by atoms with Gasteiger partial charge in [0.05, 0.1) is 21.2 Å². The highest BCUT2D eigenvalue weighted by atomic mass is 35.5. The van der Waals surface area contributed by atoms with E-state index in [0.717, 1.165) is 4.31 Å². The Morgan fingerprint density at radius 1 is 0.929 bits per heavy atom. The van der Waals surface area contributed by atoms with Crippen LogP contribution < -0.4 is 9.62 Å². The number of amides is 1. The van der Waals surface area contributed by atoms with Gasteiger partial charge in [-0.2, -0.15) is 0 Å². The van der Waals surface area contributed by atoms with Crippen LogP contribution in [-0.2, 0) is 10.0 Å². The summed E-state index contributed by atoms with van der Waals surface area (Å²) in [7, 11) is -2.38. The molecule has 0 radical (unpaired) electrons. The smallest absolute Gasteiger partial charge is 0.264 e. The Hall–Kier alpha value is -2.54. The van der Waals surface area contributed by atoms with E-state index >= 15 is 0 Å². The summed E-state index contributed by atoms with van der Waals surface area (Å²) in [4.78, 5) is 12.5. The Morgan fingerprint density at radius 3 is 2.18 bits per heavy atom. The van der Waals surface area contributed by atoms with Crippen molar-refractivity contribution < 1.29 is 13.2 Å². The summed E-state index contributed by atoms with van der Waals surface area (Å²) in [5.74, 6) is -0.383. The number of sulfonamides is 1. The lowest BCUT2D eigenvalue weighted by atomic mass is 10.2. The van der Waals surface area contributed by atoms with Crippen molar-refractivity contribution in [1.82, 2.24) is 0 Å². The van der Waals surface area contributed by atoms with Crippen LogP contribution in [0.15, 0.2) is 77.7 Å². The maximum atomic E-state index is 12.8. The molecule has 0 atom stereocenters. The van der Waals surface area contributed by atoms with Gasteiger partial charge in [0.2, 0.25) is 0 Å². The second-order valence-corrected chi connectivity index (χ2v) is 8.72. The third kappa shape index (κ3) is 4.30. The molecule has 8 heteroatoms. The minimum Gasteiger partial charge on any atom is -0.322 e. The third-order valence-electron chi connectivity index (χ3n) is 4.06. The number of benzene rings is 3. The van der Waals surface area contributed by atoms with Gasteiger partial charge in [0.15, 0.2) is 0 Å². The van der Waals surface area contributed by atoms with E-state index in [9.17, 15) is 13.2 Å². The molecule has 0 aliphatic carbocycles. The number of carbonyl (C=O) groups excluding carboxylic acids is 1. The van der Waals surface area contributed by atoms with E-state index in [1.807, 2.05) is 6.07 Å². The van der Waals surface area contributed by atoms with Crippen molar-refractivity contribution in [3.8, 4) is 0 Å². The molecule has 5 nitrogen and oxygen atoms in total. The van der Waals surface area contributed by atoms with E-state index in [2.05, 4.69) is 5.32 Å². The lowest BCUT2D eigenvalue weighted by Gasteiger charge is -2.20. The Balaban J connectivity index is 1.85. The number of halogens is 2. The van der Waals surface area contributed by atoms with Crippen molar-refractivity contribution >= 4 is 50.5 Å². The molecule has 144 valence electrons. The van der Waals surface area contributed by atoms with E-state index in [1.54, 1.807) is 24.3 Å². The Labute approximate surface area is 173 Å². The number of hydrogen-bond donors (Lipinski definition) is 1. The molecule has 0 spiro atoms. The maximum Gasteiger partial charge on any atom is 0.264 e. The van der Waals surface area contributed by atoms with E-state index in [0.29, 0.717) is 16.4 Å². The quantitative estimate of drug-likeness (QED) is 0.609. The number of hydrogen-bond acceptors (Lipinski definition) is 3. The van der Waals surface area contributed by atoms with Gasteiger partial charge in [-0.1, -0.05) is 41.4 Å². The number of carbonyl (C=O) groups is 1. The van der Waals surface area contributed by atoms with Crippen molar-refractivity contribution in [2.75, 3.05) is 16.7 Å². The van der Waals surface area contributed by atoms with Crippen molar-refractivity contribution in [1.29, 1.82) is 0 Å². The fourth-order valence-corrected chi connectivity index (χ4v) is 4.08. The van der Waals surface area contributed by atoms with Crippen molar-refractivity contribution in [2.45, 2.75) is 4.90 Å². The fraction of sp³-hybridized carbons (Fsp3) is 0.0500. The molecule has 28 heavy (non-hydrogen) atoms. The van der Waals surface area contributed by atoms with Gasteiger partial charge in [-0.25, -0.2) is 8.42 Å². The highest BCUT2D eigenvalue weighted by Gasteiger charge is 2.22. The predicted molar refractivity (Wildman–Crippen MR) is 113 cm³/mol. The van der Waals surface area contributed by atoms with Crippen LogP contribution in [0.4, 0.5) is 11.4 Å². The number of anilines is 2. The Morgan fingerprint density at radius 2 is 1.57 bits per heavy atom. The summed E-state index contributed by atoms with van der Waals surface area (Å²) in [6.07, 6.45) is 0. The summed E-state index contributed by atoms with van der Waals surface area (Å²) >= 11 is 12.1. The Kier molecular flexibility index (Phi) is 5.93. The van der Waals surface area contributed by atoms with Crippen LogP contribution in [0.5, 0.6) is 0 Å². The first-order chi connectivity index (χ1) is 13.3. The van der Waals surface area contributed by atoms with Gasteiger partial charge in [-0.15, -0.1) is 0 Å². The largest absolute Gasteiger partial charge is 0.322 e. The molecular formula is C20H16Cl2N2O3S. The van der Waals surface area contributed by atoms with Gasteiger partial charge in [-0.3, -0.25) is 9.10 Å². The highest BCUT2D eigenvalue weighted by molar-refractivity contribution is 7.92. The molecule has 0 heterocycles. The SMILES string of the molecule is CN(c1ccc(C(=O)Nc2ccccc2)c(Cl)c1)S(=O)(=O)c1ccc(Cl)cc1. The molecule has 0 aromatic heterocycles. The first kappa shape index (κ1) is 20.2. The summed E-state index contributed by atoms with van der Waals surface area (Å²) < 4.78 is 26.6. The molecule has 0 saturated carbocycles. The van der Waals surface area contributed by atoms with E-state index in [4.69, 9.17) is 23.2 Å². The maximum absolute atomic E-state index is 12.8. The van der Waals surface area contributed by atoms with Gasteiger partial charge >= 0.3 is 0 Å². The van der Waals surface area contributed by atoms with Crippen LogP contribution in [0, 0.1) is 0 Å². The Bertz CT molecular complexity index is 1100. The lowest BCUT2D eigenvalue weighted by molar-refractivity contribution is 0.102. The number of para-hydroxylation sites is 1. The molecule has 3 aromatic rings. The average molecular weight is 435 g/mol. The van der Waals surface area contributed by atoms with Gasteiger partial charge < -0.3 is 5.32 Å². The monoisotopic (exact) mass is 434 g/mol. The van der Waals surface area contributed by atoms with Gasteiger partial charge in [0.25, 0.3) is 15.9 Å². The molecule has 0 unspecified atom stereocenters. The third-order valence-corrected chi connectivity index (χ3v) is 6.43. The molecular weight excluding hydrogens is 419 g/mol. The summed E-state index contributed by atoms with van der Waals surface area (Å²) in [5, 5.41) is 3.33. The van der Waals surface area contributed by atoms with Crippen molar-refractivity contribution in [3.05, 3.63) is 88.4 Å². The van der Waals surface area contributed by atoms with Crippen LogP contribution in [-0.4, -0.2) is 21.4 Å². The van der Waals surface area contributed by atoms with Gasteiger partial charge in [0, 0.05) is 17.8 Å². The number of rotatable bonds is 5. The first-order valence-electron chi connectivity index (χ1n) is 8.19.